The number of aromatic nitrogens is 2. The third-order valence-electron chi connectivity index (χ3n) is 1.97. The van der Waals surface area contributed by atoms with E-state index in [0.29, 0.717) is 5.82 Å². The summed E-state index contributed by atoms with van der Waals surface area (Å²) in [5, 5.41) is 0. The van der Waals surface area contributed by atoms with Gasteiger partial charge in [0.15, 0.2) is 5.82 Å². The average Bonchev–Trinajstić information content (AvgIpc) is 2.25. The highest BCUT2D eigenvalue weighted by Gasteiger charge is 1.91. The fourth-order valence-corrected chi connectivity index (χ4v) is 1.42. The maximum atomic E-state index is 4.41. The lowest BCUT2D eigenvalue weighted by Crippen LogP contribution is -2.15. The second-order valence-corrected chi connectivity index (χ2v) is 4.03. The summed E-state index contributed by atoms with van der Waals surface area (Å²) in [6, 6.07) is 9.67. The minimum absolute atomic E-state index is 0.708. The van der Waals surface area contributed by atoms with E-state index in [9.17, 15) is 0 Å². The number of pyridine rings is 2. The monoisotopic (exact) mass is 263 g/mol. The Kier molecular flexibility index (Phi) is 2.97. The first-order valence-electron chi connectivity index (χ1n) is 4.54. The largest absolute Gasteiger partial charge is 0.336 e. The van der Waals surface area contributed by atoms with Crippen LogP contribution in [0.4, 0.5) is 5.82 Å². The molecule has 0 saturated carbocycles. The van der Waals surface area contributed by atoms with Gasteiger partial charge in [0.2, 0.25) is 0 Å². The van der Waals surface area contributed by atoms with Gasteiger partial charge in [0.1, 0.15) is 5.49 Å². The highest BCUT2D eigenvalue weighted by atomic mass is 79.9. The van der Waals surface area contributed by atoms with Crippen molar-refractivity contribution in [3.05, 3.63) is 52.7 Å². The summed E-state index contributed by atoms with van der Waals surface area (Å²) in [6.45, 7) is 0. The van der Waals surface area contributed by atoms with E-state index in [4.69, 9.17) is 0 Å². The molecule has 0 radical (unpaired) electrons. The molecule has 0 N–H and O–H groups in total. The first kappa shape index (κ1) is 10.1. The number of rotatable bonds is 1. The van der Waals surface area contributed by atoms with Crippen molar-refractivity contribution in [3.63, 3.8) is 0 Å². The van der Waals surface area contributed by atoms with Gasteiger partial charge in [0.05, 0.1) is 0 Å². The Morgan fingerprint density at radius 3 is 2.80 bits per heavy atom. The highest BCUT2D eigenvalue weighted by Crippen LogP contribution is 2.11. The summed E-state index contributed by atoms with van der Waals surface area (Å²) in [6.07, 6.45) is 3.69. The van der Waals surface area contributed by atoms with Crippen LogP contribution in [0, 0.1) is 0 Å². The van der Waals surface area contributed by atoms with Crippen LogP contribution in [0.2, 0.25) is 0 Å². The van der Waals surface area contributed by atoms with E-state index in [0.717, 1.165) is 9.96 Å². The maximum absolute atomic E-state index is 4.41. The molecule has 3 nitrogen and oxygen atoms in total. The third-order valence-corrected chi connectivity index (χ3v) is 2.44. The highest BCUT2D eigenvalue weighted by molar-refractivity contribution is 9.10. The zero-order valence-corrected chi connectivity index (χ0v) is 9.85. The molecule has 76 valence electrons. The van der Waals surface area contributed by atoms with Crippen molar-refractivity contribution >= 4 is 21.7 Å². The molecule has 0 aliphatic rings. The van der Waals surface area contributed by atoms with E-state index >= 15 is 0 Å². The molecule has 2 aromatic heterocycles. The van der Waals surface area contributed by atoms with Crippen molar-refractivity contribution in [2.75, 3.05) is 0 Å². The summed E-state index contributed by atoms with van der Waals surface area (Å²) in [7, 11) is 1.96. The van der Waals surface area contributed by atoms with Gasteiger partial charge in [-0.25, -0.2) is 9.98 Å². The van der Waals surface area contributed by atoms with Crippen LogP contribution < -0.4 is 5.49 Å². The molecule has 0 amide bonds. The Morgan fingerprint density at radius 2 is 2.13 bits per heavy atom. The molecule has 0 aliphatic heterocycles. The normalized spacial score (nSPS) is 11.7. The van der Waals surface area contributed by atoms with E-state index in [1.54, 1.807) is 6.20 Å². The van der Waals surface area contributed by atoms with Crippen molar-refractivity contribution < 1.29 is 0 Å². The quantitative estimate of drug-likeness (QED) is 0.778. The van der Waals surface area contributed by atoms with Gasteiger partial charge in [-0.1, -0.05) is 6.07 Å². The molecule has 0 bridgehead atoms. The minimum atomic E-state index is 0.708. The summed E-state index contributed by atoms with van der Waals surface area (Å²) in [5.74, 6) is 0.708. The zero-order chi connectivity index (χ0) is 10.7. The molecule has 0 aliphatic carbocycles. The summed E-state index contributed by atoms with van der Waals surface area (Å²) in [5.41, 5.74) is 0.882. The molecule has 15 heavy (non-hydrogen) atoms. The van der Waals surface area contributed by atoms with Crippen molar-refractivity contribution in [2.45, 2.75) is 0 Å². The van der Waals surface area contributed by atoms with Gasteiger partial charge in [-0.2, -0.15) is 0 Å². The van der Waals surface area contributed by atoms with Gasteiger partial charge in [-0.05, 0) is 40.2 Å². The Labute approximate surface area is 96.3 Å². The third kappa shape index (κ3) is 2.53. The molecule has 2 aromatic rings. The second kappa shape index (κ2) is 4.40. The Hall–Kier alpha value is -1.42. The molecule has 0 saturated heterocycles. The van der Waals surface area contributed by atoms with Gasteiger partial charge >= 0.3 is 0 Å². The molecule has 0 fully saturated rings. The molecule has 2 rings (SSSR count). The summed E-state index contributed by atoms with van der Waals surface area (Å²) in [4.78, 5) is 8.60. The van der Waals surface area contributed by atoms with Gasteiger partial charge in [-0.3, -0.25) is 0 Å². The summed E-state index contributed by atoms with van der Waals surface area (Å²) < 4.78 is 2.91. The fraction of sp³-hybridized carbons (Fsp3) is 0.0909. The number of hydrogen-bond acceptors (Lipinski definition) is 2. The van der Waals surface area contributed by atoms with Crippen molar-refractivity contribution in [3.8, 4) is 0 Å². The van der Waals surface area contributed by atoms with E-state index in [1.165, 1.54) is 0 Å². The number of halogens is 1. The minimum Gasteiger partial charge on any atom is -0.336 e. The molecule has 2 heterocycles. The van der Waals surface area contributed by atoms with Crippen LogP contribution in [0.3, 0.4) is 0 Å². The van der Waals surface area contributed by atoms with Crippen LogP contribution in [0.5, 0.6) is 0 Å². The maximum Gasteiger partial charge on any atom is 0.154 e. The molecule has 4 heteroatoms. The topological polar surface area (TPSA) is 30.2 Å². The van der Waals surface area contributed by atoms with E-state index < -0.39 is 0 Å². The average molecular weight is 264 g/mol. The van der Waals surface area contributed by atoms with Crippen molar-refractivity contribution in [2.24, 2.45) is 12.0 Å². The van der Waals surface area contributed by atoms with Gasteiger partial charge < -0.3 is 4.57 Å². The predicted molar refractivity (Wildman–Crippen MR) is 62.6 cm³/mol. The second-order valence-electron chi connectivity index (χ2n) is 3.12. The van der Waals surface area contributed by atoms with Crippen molar-refractivity contribution in [1.82, 2.24) is 9.55 Å². The van der Waals surface area contributed by atoms with E-state index in [-0.39, 0.29) is 0 Å². The van der Waals surface area contributed by atoms with Gasteiger partial charge in [0, 0.05) is 23.9 Å². The zero-order valence-electron chi connectivity index (χ0n) is 8.26. The Morgan fingerprint density at radius 1 is 1.27 bits per heavy atom. The SMILES string of the molecule is Cn1ccccc1=Nc1ccc(Br)cn1. The Balaban J connectivity index is 2.47. The predicted octanol–water partition coefficient (Wildman–Crippen LogP) is 2.42. The number of nitrogens with zero attached hydrogens (tertiary/aromatic N) is 3. The first-order chi connectivity index (χ1) is 7.25. The standard InChI is InChI=1S/C11H10BrN3/c1-15-7-3-2-4-11(15)14-10-6-5-9(12)8-13-10/h2-8H,1H3. The van der Waals surface area contributed by atoms with Crippen LogP contribution in [-0.2, 0) is 7.05 Å². The number of aryl methyl sites for hydroxylation is 1. The first-order valence-corrected chi connectivity index (χ1v) is 5.33. The lowest BCUT2D eigenvalue weighted by Gasteiger charge is -1.98. The van der Waals surface area contributed by atoms with Crippen LogP contribution in [0.15, 0.2) is 52.2 Å². The number of hydrogen-bond donors (Lipinski definition) is 0. The molecule has 0 spiro atoms. The molecule has 0 unspecified atom stereocenters. The van der Waals surface area contributed by atoms with Gasteiger partial charge in [-0.15, -0.1) is 0 Å². The van der Waals surface area contributed by atoms with E-state index in [1.807, 2.05) is 48.1 Å². The lowest BCUT2D eigenvalue weighted by atomic mass is 10.4. The van der Waals surface area contributed by atoms with Crippen LogP contribution >= 0.6 is 15.9 Å². The molecular formula is C11H10BrN3. The molecular weight excluding hydrogens is 254 g/mol. The molecule has 0 atom stereocenters. The van der Waals surface area contributed by atoms with Crippen molar-refractivity contribution in [1.29, 1.82) is 0 Å². The van der Waals surface area contributed by atoms with E-state index in [2.05, 4.69) is 25.9 Å². The van der Waals surface area contributed by atoms with Gasteiger partial charge in [0.25, 0.3) is 0 Å². The van der Waals surface area contributed by atoms with Crippen LogP contribution in [-0.4, -0.2) is 9.55 Å². The Bertz CT molecular complexity index is 514. The fourth-order valence-electron chi connectivity index (χ4n) is 1.18. The van der Waals surface area contributed by atoms with Crippen LogP contribution in [0.25, 0.3) is 0 Å². The molecule has 0 aromatic carbocycles. The lowest BCUT2D eigenvalue weighted by molar-refractivity contribution is 0.832. The summed E-state index contributed by atoms with van der Waals surface area (Å²) >= 11 is 3.34. The van der Waals surface area contributed by atoms with Crippen LogP contribution in [0.1, 0.15) is 0 Å². The smallest absolute Gasteiger partial charge is 0.154 e.